The highest BCUT2D eigenvalue weighted by Crippen LogP contribution is 2.35. The Morgan fingerprint density at radius 3 is 2.61 bits per heavy atom. The van der Waals surface area contributed by atoms with Crippen LogP contribution in [0.25, 0.3) is 40.3 Å². The molecule has 0 aliphatic heterocycles. The van der Waals surface area contributed by atoms with Gasteiger partial charge in [0.1, 0.15) is 5.69 Å². The molecule has 0 atom stereocenters. The number of H-pyrrole nitrogens is 3. The average Bonchev–Trinajstić information content (AvgIpc) is 3.58. The highest BCUT2D eigenvalue weighted by atomic mass is 32.1. The zero-order valence-corrected chi connectivity index (χ0v) is 19.9. The van der Waals surface area contributed by atoms with Crippen molar-refractivity contribution in [1.82, 2.24) is 25.4 Å². The average molecular weight is 454 g/mol. The monoisotopic (exact) mass is 453 g/mol. The van der Waals surface area contributed by atoms with Gasteiger partial charge in [0.25, 0.3) is 0 Å². The third kappa shape index (κ3) is 4.38. The Balaban J connectivity index is 1.83. The summed E-state index contributed by atoms with van der Waals surface area (Å²) in [5, 5.41) is 16.5. The quantitative estimate of drug-likeness (QED) is 0.326. The summed E-state index contributed by atoms with van der Waals surface area (Å²) in [5.74, 6) is 0. The predicted octanol–water partition coefficient (Wildman–Crippen LogP) is 5.44. The number of nitrogens with zero attached hydrogens (tertiary/aromatic N) is 2. The van der Waals surface area contributed by atoms with Gasteiger partial charge < -0.3 is 4.98 Å². The Morgan fingerprint density at radius 1 is 1.18 bits per heavy atom. The Morgan fingerprint density at radius 2 is 1.97 bits per heavy atom. The molecule has 4 aromatic heterocycles. The number of allylic oxidation sites excluding steroid dienone is 4. The molecule has 0 unspecified atom stereocenters. The molecule has 0 radical (unpaired) electrons. The van der Waals surface area contributed by atoms with Crippen LogP contribution in [0.1, 0.15) is 40.4 Å². The molecule has 0 aliphatic carbocycles. The van der Waals surface area contributed by atoms with E-state index in [2.05, 4.69) is 76.3 Å². The number of thiophene rings is 1. The molecule has 4 aromatic rings. The maximum absolute atomic E-state index is 4.62. The first kappa shape index (κ1) is 22.3. The molecular formula is C27H27N5S. The normalized spacial score (nSPS) is 13.0. The smallest absolute Gasteiger partial charge is 0.116 e. The molecule has 0 aromatic carbocycles. The third-order valence-corrected chi connectivity index (χ3v) is 6.73. The first-order chi connectivity index (χ1) is 15.9. The molecule has 0 bridgehead atoms. The van der Waals surface area contributed by atoms with Crippen molar-refractivity contribution in [3.05, 3.63) is 99.6 Å². The third-order valence-electron chi connectivity index (χ3n) is 5.45. The van der Waals surface area contributed by atoms with Crippen LogP contribution in [-0.4, -0.2) is 25.4 Å². The van der Waals surface area contributed by atoms with Gasteiger partial charge in [-0.25, -0.2) is 0 Å². The molecule has 5 nitrogen and oxygen atoms in total. The van der Waals surface area contributed by atoms with Gasteiger partial charge in [0, 0.05) is 43.6 Å². The van der Waals surface area contributed by atoms with Gasteiger partial charge in [0.2, 0.25) is 0 Å². The minimum Gasteiger partial charge on any atom is -0.357 e. The van der Waals surface area contributed by atoms with E-state index < -0.39 is 0 Å². The maximum atomic E-state index is 4.62. The van der Waals surface area contributed by atoms with Gasteiger partial charge in [0.05, 0.1) is 17.2 Å². The second-order valence-corrected chi connectivity index (χ2v) is 8.91. The molecule has 4 rings (SSSR count). The van der Waals surface area contributed by atoms with Gasteiger partial charge >= 0.3 is 0 Å². The summed E-state index contributed by atoms with van der Waals surface area (Å²) in [6.07, 6.45) is 11.5. The molecule has 4 heterocycles. The number of hydrogen-bond acceptors (Lipinski definition) is 3. The molecule has 0 spiro atoms. The molecule has 6 heteroatoms. The van der Waals surface area contributed by atoms with E-state index >= 15 is 0 Å². The summed E-state index contributed by atoms with van der Waals surface area (Å²) >= 11 is 1.73. The molecular weight excluding hydrogens is 426 g/mol. The van der Waals surface area contributed by atoms with E-state index in [4.69, 9.17) is 0 Å². The second-order valence-electron chi connectivity index (χ2n) is 7.83. The standard InChI is InChI=1S/C27H27N5S/c1-7-9-20(26-11-10-25(33-26)16(3)4)21-13-24(30-18(21)6)27-22(23(8-2)31-32-27)12-17(5)19-14-28-29-15-19/h7-15,30-31H,1,3,5H2,2,4,6H3,(H,28,29)/b20-9+,22-12+,23-8+. The molecule has 0 fully saturated rings. The fourth-order valence-electron chi connectivity index (χ4n) is 3.72. The summed E-state index contributed by atoms with van der Waals surface area (Å²) < 4.78 is 0. The van der Waals surface area contributed by atoms with E-state index in [9.17, 15) is 0 Å². The van der Waals surface area contributed by atoms with Crippen molar-refractivity contribution in [2.75, 3.05) is 0 Å². The van der Waals surface area contributed by atoms with E-state index in [0.29, 0.717) is 0 Å². The van der Waals surface area contributed by atoms with Crippen LogP contribution in [0.4, 0.5) is 0 Å². The van der Waals surface area contributed by atoms with E-state index in [1.165, 1.54) is 9.75 Å². The zero-order chi connectivity index (χ0) is 23.5. The Hall–Kier alpha value is -3.90. The first-order valence-corrected chi connectivity index (χ1v) is 11.4. The molecule has 0 amide bonds. The van der Waals surface area contributed by atoms with Crippen molar-refractivity contribution in [2.45, 2.75) is 20.8 Å². The van der Waals surface area contributed by atoms with Gasteiger partial charge in [-0.3, -0.25) is 10.2 Å². The number of aromatic nitrogens is 5. The highest BCUT2D eigenvalue weighted by molar-refractivity contribution is 7.14. The lowest BCUT2D eigenvalue weighted by Gasteiger charge is -2.04. The van der Waals surface area contributed by atoms with Crippen molar-refractivity contribution < 1.29 is 0 Å². The summed E-state index contributed by atoms with van der Waals surface area (Å²) in [7, 11) is 0. The van der Waals surface area contributed by atoms with Gasteiger partial charge in [-0.2, -0.15) is 10.2 Å². The zero-order valence-electron chi connectivity index (χ0n) is 19.1. The van der Waals surface area contributed by atoms with E-state index in [1.54, 1.807) is 17.5 Å². The maximum Gasteiger partial charge on any atom is 0.116 e. The summed E-state index contributed by atoms with van der Waals surface area (Å²) in [4.78, 5) is 5.88. The van der Waals surface area contributed by atoms with E-state index in [1.807, 2.05) is 38.3 Å². The summed E-state index contributed by atoms with van der Waals surface area (Å²) in [6.45, 7) is 18.3. The summed E-state index contributed by atoms with van der Waals surface area (Å²) in [5.41, 5.74) is 7.93. The van der Waals surface area contributed by atoms with Gasteiger partial charge in [-0.1, -0.05) is 38.0 Å². The number of aromatic amines is 3. The summed E-state index contributed by atoms with van der Waals surface area (Å²) in [6, 6.07) is 6.41. The predicted molar refractivity (Wildman–Crippen MR) is 141 cm³/mol. The number of rotatable bonds is 7. The van der Waals surface area contributed by atoms with Crippen molar-refractivity contribution in [2.24, 2.45) is 0 Å². The van der Waals surface area contributed by atoms with Crippen LogP contribution < -0.4 is 10.6 Å². The molecule has 0 saturated heterocycles. The van der Waals surface area contributed by atoms with Gasteiger partial charge in [0.15, 0.2) is 0 Å². The van der Waals surface area contributed by atoms with Crippen LogP contribution in [0.5, 0.6) is 0 Å². The largest absolute Gasteiger partial charge is 0.357 e. The minimum absolute atomic E-state index is 0.842. The fourth-order valence-corrected chi connectivity index (χ4v) is 4.69. The van der Waals surface area contributed by atoms with Crippen LogP contribution in [-0.2, 0) is 0 Å². The Kier molecular flexibility index (Phi) is 6.29. The number of aryl methyl sites for hydroxylation is 1. The molecule has 3 N–H and O–H groups in total. The lowest BCUT2D eigenvalue weighted by Crippen LogP contribution is -2.23. The van der Waals surface area contributed by atoms with Crippen LogP contribution in [0.15, 0.2) is 62.5 Å². The van der Waals surface area contributed by atoms with Crippen molar-refractivity contribution in [3.8, 4) is 11.4 Å². The van der Waals surface area contributed by atoms with Gasteiger partial charge in [-0.15, -0.1) is 11.3 Å². The van der Waals surface area contributed by atoms with Crippen molar-refractivity contribution >= 4 is 40.2 Å². The molecule has 0 aliphatic rings. The topological polar surface area (TPSA) is 73.2 Å². The van der Waals surface area contributed by atoms with Gasteiger partial charge in [-0.05, 0) is 56.2 Å². The Bertz CT molecular complexity index is 1490. The Labute approximate surface area is 197 Å². The van der Waals surface area contributed by atoms with Crippen LogP contribution in [0, 0.1) is 6.92 Å². The molecule has 33 heavy (non-hydrogen) atoms. The molecule has 0 saturated carbocycles. The van der Waals surface area contributed by atoms with Crippen LogP contribution in [0.3, 0.4) is 0 Å². The highest BCUT2D eigenvalue weighted by Gasteiger charge is 2.16. The number of hydrogen-bond donors (Lipinski definition) is 3. The first-order valence-electron chi connectivity index (χ1n) is 10.6. The number of nitrogens with one attached hydrogen (secondary N) is 3. The minimum atomic E-state index is 0.842. The lowest BCUT2D eigenvalue weighted by atomic mass is 10.0. The fraction of sp³-hybridized carbons (Fsp3) is 0.111. The van der Waals surface area contributed by atoms with E-state index in [0.717, 1.165) is 55.5 Å². The molecule has 166 valence electrons. The second kappa shape index (κ2) is 9.30. The van der Waals surface area contributed by atoms with Crippen molar-refractivity contribution in [3.63, 3.8) is 0 Å². The lowest BCUT2D eigenvalue weighted by molar-refractivity contribution is 1.06. The van der Waals surface area contributed by atoms with E-state index in [-0.39, 0.29) is 0 Å². The SMILES string of the molecule is C=C/C=C(/c1ccc(C(=C)C)s1)c1cc(-c2n[nH]c(=C/C)/c2=C\C(=C)c2cn[nH]c2)[nH]c1C. The van der Waals surface area contributed by atoms with Crippen LogP contribution >= 0.6 is 11.3 Å². The van der Waals surface area contributed by atoms with Crippen LogP contribution in [0.2, 0.25) is 0 Å². The van der Waals surface area contributed by atoms with Crippen molar-refractivity contribution in [1.29, 1.82) is 0 Å².